The number of alkyl halides is 1. The first-order valence-electron chi connectivity index (χ1n) is 10.6. The summed E-state index contributed by atoms with van der Waals surface area (Å²) in [6.07, 6.45) is 9.19. The SMILES string of the molecule is COc1ccc(-c2c(C3(F)C=CC=CC3C#N)nn(C3CCC(N)CC3)c2OC)cc1F. The van der Waals surface area contributed by atoms with E-state index in [9.17, 15) is 9.65 Å². The van der Waals surface area contributed by atoms with E-state index in [1.54, 1.807) is 22.9 Å². The largest absolute Gasteiger partial charge is 0.494 e. The van der Waals surface area contributed by atoms with Crippen LogP contribution in [0.25, 0.3) is 11.1 Å². The van der Waals surface area contributed by atoms with Crippen molar-refractivity contribution < 1.29 is 18.3 Å². The molecule has 0 aliphatic heterocycles. The van der Waals surface area contributed by atoms with Crippen LogP contribution in [0.1, 0.15) is 37.4 Å². The Labute approximate surface area is 185 Å². The second-order valence-corrected chi connectivity index (χ2v) is 8.21. The quantitative estimate of drug-likeness (QED) is 0.736. The Balaban J connectivity index is 1.94. The monoisotopic (exact) mass is 440 g/mol. The third-order valence-electron chi connectivity index (χ3n) is 6.30. The molecule has 0 bridgehead atoms. The fraction of sp³-hybridized carbons (Fsp3) is 0.417. The Bertz CT molecular complexity index is 1100. The van der Waals surface area contributed by atoms with E-state index in [0.717, 1.165) is 25.7 Å². The number of rotatable bonds is 5. The van der Waals surface area contributed by atoms with Gasteiger partial charge in [0.2, 0.25) is 5.88 Å². The van der Waals surface area contributed by atoms with Crippen LogP contribution in [0, 0.1) is 23.1 Å². The van der Waals surface area contributed by atoms with Gasteiger partial charge >= 0.3 is 0 Å². The summed E-state index contributed by atoms with van der Waals surface area (Å²) >= 11 is 0. The van der Waals surface area contributed by atoms with E-state index >= 15 is 4.39 Å². The van der Waals surface area contributed by atoms with Crippen molar-refractivity contribution in [1.82, 2.24) is 9.78 Å². The van der Waals surface area contributed by atoms with Crippen LogP contribution in [0.3, 0.4) is 0 Å². The van der Waals surface area contributed by atoms with Crippen molar-refractivity contribution in [2.45, 2.75) is 43.4 Å². The minimum Gasteiger partial charge on any atom is -0.494 e. The number of halogens is 2. The number of nitriles is 1. The zero-order valence-electron chi connectivity index (χ0n) is 18.1. The second-order valence-electron chi connectivity index (χ2n) is 8.21. The van der Waals surface area contributed by atoms with Crippen LogP contribution in [0.5, 0.6) is 11.6 Å². The molecule has 2 N–H and O–H groups in total. The lowest BCUT2D eigenvalue weighted by atomic mass is 9.81. The van der Waals surface area contributed by atoms with Gasteiger partial charge in [-0.3, -0.25) is 0 Å². The van der Waals surface area contributed by atoms with Gasteiger partial charge in [-0.15, -0.1) is 0 Å². The molecule has 2 atom stereocenters. The molecule has 168 valence electrons. The van der Waals surface area contributed by atoms with E-state index in [1.165, 1.54) is 38.5 Å². The minimum atomic E-state index is -2.20. The lowest BCUT2D eigenvalue weighted by molar-refractivity contribution is 0.186. The van der Waals surface area contributed by atoms with Crippen LogP contribution in [0.15, 0.2) is 42.5 Å². The van der Waals surface area contributed by atoms with Gasteiger partial charge in [0, 0.05) is 6.04 Å². The lowest BCUT2D eigenvalue weighted by Gasteiger charge is -2.27. The molecule has 1 fully saturated rings. The van der Waals surface area contributed by atoms with Crippen molar-refractivity contribution in [3.63, 3.8) is 0 Å². The van der Waals surface area contributed by atoms with Gasteiger partial charge in [-0.05, 0) is 49.5 Å². The summed E-state index contributed by atoms with van der Waals surface area (Å²) in [5.41, 5.74) is 4.62. The van der Waals surface area contributed by atoms with Gasteiger partial charge in [0.15, 0.2) is 17.2 Å². The van der Waals surface area contributed by atoms with Crippen LogP contribution in [-0.2, 0) is 5.67 Å². The smallest absolute Gasteiger partial charge is 0.220 e. The summed E-state index contributed by atoms with van der Waals surface area (Å²) in [6, 6.07) is 6.51. The fourth-order valence-electron chi connectivity index (χ4n) is 4.54. The Hall–Kier alpha value is -3.18. The van der Waals surface area contributed by atoms with Crippen molar-refractivity contribution in [3.05, 3.63) is 54.0 Å². The normalized spacial score (nSPS) is 27.2. The Morgan fingerprint density at radius 3 is 2.56 bits per heavy atom. The summed E-state index contributed by atoms with van der Waals surface area (Å²) in [5, 5.41) is 14.3. The maximum Gasteiger partial charge on any atom is 0.220 e. The van der Waals surface area contributed by atoms with Crippen molar-refractivity contribution in [1.29, 1.82) is 5.26 Å². The Morgan fingerprint density at radius 2 is 1.94 bits per heavy atom. The van der Waals surface area contributed by atoms with E-state index in [0.29, 0.717) is 17.0 Å². The molecule has 2 unspecified atom stereocenters. The minimum absolute atomic E-state index is 0.0286. The third kappa shape index (κ3) is 3.67. The van der Waals surface area contributed by atoms with Gasteiger partial charge in [0.25, 0.3) is 0 Å². The number of hydrogen-bond donors (Lipinski definition) is 1. The average molecular weight is 440 g/mol. The molecule has 2 aliphatic rings. The molecular weight excluding hydrogens is 414 g/mol. The molecule has 0 saturated heterocycles. The molecule has 1 saturated carbocycles. The highest BCUT2D eigenvalue weighted by molar-refractivity contribution is 5.74. The molecule has 0 radical (unpaired) electrons. The number of ether oxygens (including phenoxy) is 2. The first-order chi connectivity index (χ1) is 15.4. The summed E-state index contributed by atoms with van der Waals surface area (Å²) < 4.78 is 43.5. The number of hydrogen-bond acceptors (Lipinski definition) is 5. The van der Waals surface area contributed by atoms with Gasteiger partial charge < -0.3 is 15.2 Å². The van der Waals surface area contributed by atoms with Crippen molar-refractivity contribution in [3.8, 4) is 28.8 Å². The fourth-order valence-corrected chi connectivity index (χ4v) is 4.54. The highest BCUT2D eigenvalue weighted by atomic mass is 19.1. The number of aromatic nitrogens is 2. The molecule has 1 aromatic carbocycles. The summed E-state index contributed by atoms with van der Waals surface area (Å²) in [5.74, 6) is -1.25. The molecule has 32 heavy (non-hydrogen) atoms. The zero-order valence-corrected chi connectivity index (χ0v) is 18.1. The lowest BCUT2D eigenvalue weighted by Crippen LogP contribution is -2.30. The molecule has 2 aromatic rings. The molecule has 6 nitrogen and oxygen atoms in total. The van der Waals surface area contributed by atoms with Crippen LogP contribution >= 0.6 is 0 Å². The topological polar surface area (TPSA) is 86.1 Å². The Kier molecular flexibility index (Phi) is 6.02. The van der Waals surface area contributed by atoms with Gasteiger partial charge in [0.1, 0.15) is 11.6 Å². The van der Waals surface area contributed by atoms with Gasteiger partial charge in [0.05, 0.1) is 31.9 Å². The molecule has 0 amide bonds. The average Bonchev–Trinajstić information content (AvgIpc) is 3.20. The van der Waals surface area contributed by atoms with Gasteiger partial charge in [-0.2, -0.15) is 10.4 Å². The predicted molar refractivity (Wildman–Crippen MR) is 116 cm³/mol. The molecule has 2 aliphatic carbocycles. The predicted octanol–water partition coefficient (Wildman–Crippen LogP) is 4.58. The number of benzene rings is 1. The van der Waals surface area contributed by atoms with E-state index in [1.807, 2.05) is 6.07 Å². The maximum atomic E-state index is 16.5. The third-order valence-corrected chi connectivity index (χ3v) is 6.30. The number of nitrogens with two attached hydrogens (primary N) is 1. The summed E-state index contributed by atoms with van der Waals surface area (Å²) in [6.45, 7) is 0. The second kappa shape index (κ2) is 8.75. The van der Waals surface area contributed by atoms with E-state index in [2.05, 4.69) is 5.10 Å². The van der Waals surface area contributed by atoms with Gasteiger partial charge in [-0.25, -0.2) is 13.5 Å². The highest BCUT2D eigenvalue weighted by Gasteiger charge is 2.45. The number of allylic oxidation sites excluding steroid dienone is 4. The van der Waals surface area contributed by atoms with Crippen LogP contribution in [0.4, 0.5) is 8.78 Å². The van der Waals surface area contributed by atoms with Crippen LogP contribution in [0.2, 0.25) is 0 Å². The van der Waals surface area contributed by atoms with Crippen LogP contribution < -0.4 is 15.2 Å². The number of methoxy groups -OCH3 is 2. The van der Waals surface area contributed by atoms with E-state index < -0.39 is 17.4 Å². The summed E-state index contributed by atoms with van der Waals surface area (Å²) in [4.78, 5) is 0. The summed E-state index contributed by atoms with van der Waals surface area (Å²) in [7, 11) is 2.86. The van der Waals surface area contributed by atoms with Crippen molar-refractivity contribution in [2.75, 3.05) is 14.2 Å². The first kappa shape index (κ1) is 22.0. The highest BCUT2D eigenvalue weighted by Crippen LogP contribution is 2.48. The zero-order chi connectivity index (χ0) is 22.9. The standard InChI is InChI=1S/C24H26F2N4O2/c1-31-20-11-6-15(13-19(20)25)21-22(24(26)12-4-3-5-16(24)14-27)29-30(23(21)32-2)18-9-7-17(28)8-10-18/h3-6,11-13,16-18H,7-10,28H2,1-2H3. The number of nitrogens with zero attached hydrogens (tertiary/aromatic N) is 3. The Morgan fingerprint density at radius 1 is 1.19 bits per heavy atom. The molecular formula is C24H26F2N4O2. The molecule has 1 heterocycles. The molecule has 4 rings (SSSR count). The first-order valence-corrected chi connectivity index (χ1v) is 10.6. The van der Waals surface area contributed by atoms with Gasteiger partial charge in [-0.1, -0.05) is 24.3 Å². The van der Waals surface area contributed by atoms with Crippen molar-refractivity contribution >= 4 is 0 Å². The van der Waals surface area contributed by atoms with Crippen molar-refractivity contribution in [2.24, 2.45) is 11.7 Å². The van der Waals surface area contributed by atoms with E-state index in [-0.39, 0.29) is 23.5 Å². The maximum absolute atomic E-state index is 16.5. The molecule has 8 heteroatoms. The molecule has 0 spiro atoms. The van der Waals surface area contributed by atoms with Crippen LogP contribution in [-0.4, -0.2) is 30.0 Å². The molecule has 1 aromatic heterocycles. The van der Waals surface area contributed by atoms with E-state index in [4.69, 9.17) is 15.2 Å².